The van der Waals surface area contributed by atoms with E-state index in [9.17, 15) is 5.11 Å². The molecule has 0 aromatic carbocycles. The highest BCUT2D eigenvalue weighted by molar-refractivity contribution is 5.07. The van der Waals surface area contributed by atoms with Crippen molar-refractivity contribution >= 4 is 0 Å². The van der Waals surface area contributed by atoms with Gasteiger partial charge in [0.15, 0.2) is 0 Å². The zero-order valence-electron chi connectivity index (χ0n) is 9.93. The number of aryl methyl sites for hydroxylation is 1. The second-order valence-electron chi connectivity index (χ2n) is 3.62. The third-order valence-electron chi connectivity index (χ3n) is 2.20. The number of hydrogen-bond donors (Lipinski definition) is 1. The molecule has 1 unspecified atom stereocenters. The first-order valence-electron chi connectivity index (χ1n) is 5.55. The molecule has 5 nitrogen and oxygen atoms in total. The average molecular weight is 228 g/mol. The van der Waals surface area contributed by atoms with Crippen LogP contribution in [-0.4, -0.2) is 41.8 Å². The fourth-order valence-electron chi connectivity index (χ4n) is 1.34. The van der Waals surface area contributed by atoms with E-state index in [4.69, 9.17) is 9.47 Å². The smallest absolute Gasteiger partial charge is 0.105 e. The summed E-state index contributed by atoms with van der Waals surface area (Å²) in [4.78, 5) is 0. The van der Waals surface area contributed by atoms with Crippen molar-refractivity contribution in [2.75, 3.05) is 26.9 Å². The van der Waals surface area contributed by atoms with Gasteiger partial charge in [0.05, 0.1) is 26.0 Å². The summed E-state index contributed by atoms with van der Waals surface area (Å²) in [5.41, 5.74) is 0.797. The third-order valence-corrected chi connectivity index (χ3v) is 2.20. The first-order chi connectivity index (χ1) is 7.77. The maximum Gasteiger partial charge on any atom is 0.105 e. The Morgan fingerprint density at radius 3 is 3.00 bits per heavy atom. The van der Waals surface area contributed by atoms with E-state index in [1.807, 2.05) is 10.9 Å². The van der Waals surface area contributed by atoms with Gasteiger partial charge in [-0.3, -0.25) is 4.68 Å². The molecule has 1 N–H and O–H groups in total. The first kappa shape index (κ1) is 13.2. The molecule has 1 rings (SSSR count). The van der Waals surface area contributed by atoms with Crippen LogP contribution in [0.2, 0.25) is 0 Å². The second-order valence-corrected chi connectivity index (χ2v) is 3.62. The van der Waals surface area contributed by atoms with Gasteiger partial charge in [-0.05, 0) is 6.42 Å². The summed E-state index contributed by atoms with van der Waals surface area (Å²) in [7, 11) is 1.62. The van der Waals surface area contributed by atoms with Gasteiger partial charge in [0, 0.05) is 25.4 Å². The van der Waals surface area contributed by atoms with Crippen molar-refractivity contribution < 1.29 is 14.6 Å². The van der Waals surface area contributed by atoms with Gasteiger partial charge in [-0.2, -0.15) is 5.10 Å². The predicted molar refractivity (Wildman–Crippen MR) is 60.2 cm³/mol. The van der Waals surface area contributed by atoms with E-state index < -0.39 is 6.10 Å². The molecule has 0 saturated heterocycles. The maximum absolute atomic E-state index is 9.78. The molecular weight excluding hydrogens is 208 g/mol. The maximum atomic E-state index is 9.78. The highest BCUT2D eigenvalue weighted by Crippen LogP contribution is 2.11. The molecule has 0 spiro atoms. The molecule has 1 aromatic rings. The normalized spacial score (nSPS) is 12.9. The largest absolute Gasteiger partial charge is 0.386 e. The molecule has 1 heterocycles. The fraction of sp³-hybridized carbons (Fsp3) is 0.727. The quantitative estimate of drug-likeness (QED) is 0.674. The minimum absolute atomic E-state index is 0.279. The van der Waals surface area contributed by atoms with Crippen molar-refractivity contribution in [2.24, 2.45) is 0 Å². The van der Waals surface area contributed by atoms with Gasteiger partial charge in [0.25, 0.3) is 0 Å². The van der Waals surface area contributed by atoms with Crippen molar-refractivity contribution in [3.05, 3.63) is 18.0 Å². The number of aromatic nitrogens is 2. The van der Waals surface area contributed by atoms with Gasteiger partial charge in [0.2, 0.25) is 0 Å². The lowest BCUT2D eigenvalue weighted by Crippen LogP contribution is -2.10. The first-order valence-corrected chi connectivity index (χ1v) is 5.55. The van der Waals surface area contributed by atoms with E-state index in [0.717, 1.165) is 18.5 Å². The Balaban J connectivity index is 2.31. The topological polar surface area (TPSA) is 56.5 Å². The molecule has 0 aliphatic carbocycles. The zero-order valence-corrected chi connectivity index (χ0v) is 9.93. The Morgan fingerprint density at radius 1 is 1.50 bits per heavy atom. The molecule has 0 radical (unpaired) electrons. The summed E-state index contributed by atoms with van der Waals surface area (Å²) in [6.45, 7) is 4.28. The van der Waals surface area contributed by atoms with Crippen LogP contribution < -0.4 is 0 Å². The number of hydrogen-bond acceptors (Lipinski definition) is 4. The summed E-state index contributed by atoms with van der Waals surface area (Å²) < 4.78 is 11.9. The molecule has 1 atom stereocenters. The number of aliphatic hydroxyl groups is 1. The van der Waals surface area contributed by atoms with Crippen LogP contribution in [0, 0.1) is 0 Å². The summed E-state index contributed by atoms with van der Waals surface area (Å²) in [5, 5.41) is 13.9. The lowest BCUT2D eigenvalue weighted by atomic mass is 10.2. The van der Waals surface area contributed by atoms with E-state index in [0.29, 0.717) is 13.2 Å². The highest BCUT2D eigenvalue weighted by atomic mass is 16.5. The monoisotopic (exact) mass is 228 g/mol. The number of nitrogens with zero attached hydrogens (tertiary/aromatic N) is 2. The Morgan fingerprint density at radius 2 is 2.31 bits per heavy atom. The summed E-state index contributed by atoms with van der Waals surface area (Å²) in [6, 6.07) is 0. The van der Waals surface area contributed by atoms with E-state index >= 15 is 0 Å². The summed E-state index contributed by atoms with van der Waals surface area (Å²) >= 11 is 0. The fourth-order valence-corrected chi connectivity index (χ4v) is 1.34. The minimum Gasteiger partial charge on any atom is -0.386 e. The van der Waals surface area contributed by atoms with E-state index in [1.54, 1.807) is 13.3 Å². The Bertz CT molecular complexity index is 289. The van der Waals surface area contributed by atoms with Crippen molar-refractivity contribution in [2.45, 2.75) is 26.0 Å². The lowest BCUT2D eigenvalue weighted by Gasteiger charge is -2.08. The van der Waals surface area contributed by atoms with Crippen molar-refractivity contribution in [3.63, 3.8) is 0 Å². The molecule has 16 heavy (non-hydrogen) atoms. The highest BCUT2D eigenvalue weighted by Gasteiger charge is 2.09. The van der Waals surface area contributed by atoms with Crippen LogP contribution in [-0.2, 0) is 16.0 Å². The van der Waals surface area contributed by atoms with Gasteiger partial charge < -0.3 is 14.6 Å². The van der Waals surface area contributed by atoms with Crippen LogP contribution in [0.1, 0.15) is 25.0 Å². The SMILES string of the molecule is CCCn1cc(C(O)COCCOC)cn1. The molecule has 0 saturated carbocycles. The number of aliphatic hydroxyl groups excluding tert-OH is 1. The van der Waals surface area contributed by atoms with Crippen molar-refractivity contribution in [3.8, 4) is 0 Å². The molecule has 0 bridgehead atoms. The van der Waals surface area contributed by atoms with Gasteiger partial charge in [-0.1, -0.05) is 6.92 Å². The number of rotatable bonds is 8. The van der Waals surface area contributed by atoms with Crippen LogP contribution in [0.15, 0.2) is 12.4 Å². The summed E-state index contributed by atoms with van der Waals surface area (Å²) in [5.74, 6) is 0. The number of ether oxygens (including phenoxy) is 2. The van der Waals surface area contributed by atoms with Gasteiger partial charge >= 0.3 is 0 Å². The van der Waals surface area contributed by atoms with Crippen molar-refractivity contribution in [1.82, 2.24) is 9.78 Å². The van der Waals surface area contributed by atoms with Crippen LogP contribution in [0.3, 0.4) is 0 Å². The van der Waals surface area contributed by atoms with Crippen LogP contribution in [0.25, 0.3) is 0 Å². The Hall–Kier alpha value is -0.910. The standard InChI is InChI=1S/C11H20N2O3/c1-3-4-13-8-10(7-12-13)11(14)9-16-6-5-15-2/h7-8,11,14H,3-6,9H2,1-2H3. The molecule has 0 amide bonds. The minimum atomic E-state index is -0.609. The Labute approximate surface area is 96.0 Å². The lowest BCUT2D eigenvalue weighted by molar-refractivity contribution is 0.0126. The molecule has 0 aliphatic rings. The van der Waals surface area contributed by atoms with Gasteiger partial charge in [0.1, 0.15) is 6.10 Å². The second kappa shape index (κ2) is 7.38. The average Bonchev–Trinajstić information content (AvgIpc) is 2.73. The van der Waals surface area contributed by atoms with Crippen molar-refractivity contribution in [1.29, 1.82) is 0 Å². The Kier molecular flexibility index (Phi) is 6.07. The van der Waals surface area contributed by atoms with E-state index in [-0.39, 0.29) is 6.61 Å². The van der Waals surface area contributed by atoms with Crippen LogP contribution in [0.5, 0.6) is 0 Å². The molecule has 5 heteroatoms. The zero-order chi connectivity index (χ0) is 11.8. The van der Waals surface area contributed by atoms with Gasteiger partial charge in [-0.15, -0.1) is 0 Å². The summed E-state index contributed by atoms with van der Waals surface area (Å²) in [6.07, 6.45) is 3.96. The molecule has 1 aromatic heterocycles. The van der Waals surface area contributed by atoms with Crippen LogP contribution >= 0.6 is 0 Å². The van der Waals surface area contributed by atoms with Crippen LogP contribution in [0.4, 0.5) is 0 Å². The number of methoxy groups -OCH3 is 1. The third kappa shape index (κ3) is 4.30. The molecule has 0 aliphatic heterocycles. The predicted octanol–water partition coefficient (Wildman–Crippen LogP) is 0.989. The van der Waals surface area contributed by atoms with E-state index in [1.165, 1.54) is 0 Å². The molecular formula is C11H20N2O3. The molecule has 92 valence electrons. The van der Waals surface area contributed by atoms with E-state index in [2.05, 4.69) is 12.0 Å². The molecule has 0 fully saturated rings. The van der Waals surface area contributed by atoms with Gasteiger partial charge in [-0.25, -0.2) is 0 Å².